The predicted octanol–water partition coefficient (Wildman–Crippen LogP) is 6.75. The first-order valence-electron chi connectivity index (χ1n) is 13.5. The second kappa shape index (κ2) is 14.6. The molecular formula is C31H36Cl3N3O4S. The Morgan fingerprint density at radius 3 is 2.17 bits per heavy atom. The molecule has 42 heavy (non-hydrogen) atoms. The summed E-state index contributed by atoms with van der Waals surface area (Å²) in [6.45, 7) is 5.75. The van der Waals surface area contributed by atoms with Crippen molar-refractivity contribution in [3.63, 3.8) is 0 Å². The quantitative estimate of drug-likeness (QED) is 0.235. The van der Waals surface area contributed by atoms with Gasteiger partial charge in [-0.2, -0.15) is 0 Å². The van der Waals surface area contributed by atoms with Gasteiger partial charge >= 0.3 is 0 Å². The van der Waals surface area contributed by atoms with Crippen molar-refractivity contribution in [3.05, 3.63) is 99.0 Å². The number of hydrogen-bond acceptors (Lipinski definition) is 4. The molecule has 0 aliphatic rings. The van der Waals surface area contributed by atoms with Gasteiger partial charge in [-0.25, -0.2) is 8.42 Å². The van der Waals surface area contributed by atoms with E-state index in [1.807, 2.05) is 51.1 Å². The molecule has 0 aliphatic heterocycles. The van der Waals surface area contributed by atoms with Crippen LogP contribution in [0.25, 0.3) is 0 Å². The second-order valence-electron chi connectivity index (χ2n) is 11.1. The highest BCUT2D eigenvalue weighted by Gasteiger charge is 2.32. The van der Waals surface area contributed by atoms with Crippen LogP contribution < -0.4 is 9.62 Å². The molecule has 1 atom stereocenters. The Bertz CT molecular complexity index is 1490. The van der Waals surface area contributed by atoms with E-state index in [1.165, 1.54) is 9.21 Å². The van der Waals surface area contributed by atoms with Gasteiger partial charge in [0.15, 0.2) is 0 Å². The van der Waals surface area contributed by atoms with Crippen LogP contribution in [-0.2, 0) is 32.6 Å². The fourth-order valence-electron chi connectivity index (χ4n) is 4.48. The zero-order chi connectivity index (χ0) is 31.1. The number of anilines is 1. The van der Waals surface area contributed by atoms with Gasteiger partial charge in [0.1, 0.15) is 6.04 Å². The zero-order valence-corrected chi connectivity index (χ0v) is 27.2. The fraction of sp³-hybridized carbons (Fsp3) is 0.355. The molecule has 0 bridgehead atoms. The van der Waals surface area contributed by atoms with Crippen LogP contribution in [0.3, 0.4) is 0 Å². The molecule has 0 saturated heterocycles. The van der Waals surface area contributed by atoms with E-state index < -0.39 is 21.6 Å². The Morgan fingerprint density at radius 2 is 1.57 bits per heavy atom. The predicted molar refractivity (Wildman–Crippen MR) is 172 cm³/mol. The van der Waals surface area contributed by atoms with Crippen molar-refractivity contribution in [3.8, 4) is 0 Å². The van der Waals surface area contributed by atoms with E-state index >= 15 is 0 Å². The molecule has 11 heteroatoms. The molecule has 7 nitrogen and oxygen atoms in total. The summed E-state index contributed by atoms with van der Waals surface area (Å²) in [7, 11) is -3.65. The topological polar surface area (TPSA) is 86.8 Å². The molecule has 0 aromatic heterocycles. The number of halogens is 3. The Balaban J connectivity index is 1.93. The highest BCUT2D eigenvalue weighted by Crippen LogP contribution is 2.26. The monoisotopic (exact) mass is 651 g/mol. The average Bonchev–Trinajstić information content (AvgIpc) is 2.88. The first-order valence-corrected chi connectivity index (χ1v) is 16.4. The summed E-state index contributed by atoms with van der Waals surface area (Å²) in [4.78, 5) is 29.2. The van der Waals surface area contributed by atoms with E-state index in [0.29, 0.717) is 26.3 Å². The fourth-order valence-corrected chi connectivity index (χ4v) is 6.09. The maximum Gasteiger partial charge on any atom is 0.243 e. The van der Waals surface area contributed by atoms with E-state index in [0.717, 1.165) is 11.8 Å². The van der Waals surface area contributed by atoms with Crippen LogP contribution in [0, 0.1) is 0 Å². The summed E-state index contributed by atoms with van der Waals surface area (Å²) in [5.74, 6) is -0.618. The van der Waals surface area contributed by atoms with Crippen molar-refractivity contribution in [2.75, 3.05) is 17.1 Å². The van der Waals surface area contributed by atoms with Crippen molar-refractivity contribution >= 4 is 62.3 Å². The number of benzene rings is 3. The molecule has 0 saturated carbocycles. The van der Waals surface area contributed by atoms with Crippen LogP contribution in [0.5, 0.6) is 0 Å². The Hall–Kier alpha value is -2.78. The minimum Gasteiger partial charge on any atom is -0.350 e. The Kier molecular flexibility index (Phi) is 11.7. The molecule has 3 rings (SSSR count). The lowest BCUT2D eigenvalue weighted by atomic mass is 10.00. The standard InChI is InChI=1S/C31H36Cl3N3O4S/c1-31(2,3)35-30(39)28(18-22-10-6-5-7-11-22)36(21-23-15-16-25(33)20-27(23)34)29(38)14-9-17-37(42(4,40)41)26-13-8-12-24(32)19-26/h5-8,10-13,15-16,19-20,28H,9,14,17-18,21H2,1-4H3,(H,35,39). The van der Waals surface area contributed by atoms with Gasteiger partial charge in [-0.3, -0.25) is 13.9 Å². The minimum absolute atomic E-state index is 0.00805. The zero-order valence-electron chi connectivity index (χ0n) is 24.1. The molecule has 3 aromatic carbocycles. The van der Waals surface area contributed by atoms with Crippen LogP contribution in [0.15, 0.2) is 72.8 Å². The summed E-state index contributed by atoms with van der Waals surface area (Å²) in [6.07, 6.45) is 1.59. The normalized spacial score (nSPS) is 12.5. The van der Waals surface area contributed by atoms with E-state index in [-0.39, 0.29) is 44.2 Å². The van der Waals surface area contributed by atoms with Crippen LogP contribution in [-0.4, -0.2) is 49.5 Å². The molecule has 0 heterocycles. The van der Waals surface area contributed by atoms with Gasteiger partial charge in [-0.1, -0.05) is 77.3 Å². The first kappa shape index (κ1) is 33.7. The Labute approximate surface area is 263 Å². The highest BCUT2D eigenvalue weighted by atomic mass is 35.5. The van der Waals surface area contributed by atoms with Crippen LogP contribution >= 0.6 is 34.8 Å². The van der Waals surface area contributed by atoms with Crippen LogP contribution in [0.1, 0.15) is 44.7 Å². The number of sulfonamides is 1. The van der Waals surface area contributed by atoms with Gasteiger partial charge in [0.05, 0.1) is 11.9 Å². The molecule has 0 radical (unpaired) electrons. The van der Waals surface area contributed by atoms with Crippen molar-refractivity contribution in [1.29, 1.82) is 0 Å². The van der Waals surface area contributed by atoms with Gasteiger partial charge in [0.25, 0.3) is 0 Å². The molecular weight excluding hydrogens is 617 g/mol. The van der Waals surface area contributed by atoms with Gasteiger partial charge in [0, 0.05) is 46.5 Å². The molecule has 226 valence electrons. The third-order valence-electron chi connectivity index (χ3n) is 6.37. The summed E-state index contributed by atoms with van der Waals surface area (Å²) >= 11 is 18.7. The number of nitrogens with zero attached hydrogens (tertiary/aromatic N) is 2. The van der Waals surface area contributed by atoms with Gasteiger partial charge < -0.3 is 10.2 Å². The number of carbonyl (C=O) groups is 2. The number of nitrogens with one attached hydrogen (secondary N) is 1. The number of amides is 2. The van der Waals surface area contributed by atoms with Crippen molar-refractivity contribution in [1.82, 2.24) is 10.2 Å². The van der Waals surface area contributed by atoms with Crippen molar-refractivity contribution < 1.29 is 18.0 Å². The molecule has 1 unspecified atom stereocenters. The second-order valence-corrected chi connectivity index (χ2v) is 14.3. The number of carbonyl (C=O) groups excluding carboxylic acids is 2. The highest BCUT2D eigenvalue weighted by molar-refractivity contribution is 7.92. The maximum absolute atomic E-state index is 13.9. The summed E-state index contributed by atoms with van der Waals surface area (Å²) < 4.78 is 26.4. The maximum atomic E-state index is 13.9. The first-order chi connectivity index (χ1) is 19.6. The smallest absolute Gasteiger partial charge is 0.243 e. The van der Waals surface area contributed by atoms with Crippen LogP contribution in [0.2, 0.25) is 15.1 Å². The van der Waals surface area contributed by atoms with Crippen molar-refractivity contribution in [2.45, 2.75) is 58.2 Å². The lowest BCUT2D eigenvalue weighted by Gasteiger charge is -2.34. The van der Waals surface area contributed by atoms with Gasteiger partial charge in [-0.15, -0.1) is 0 Å². The Morgan fingerprint density at radius 1 is 0.905 bits per heavy atom. The van der Waals surface area contributed by atoms with E-state index in [9.17, 15) is 18.0 Å². The molecule has 3 aromatic rings. The SMILES string of the molecule is CC(C)(C)NC(=O)C(Cc1ccccc1)N(Cc1ccc(Cl)cc1Cl)C(=O)CCCN(c1cccc(Cl)c1)S(C)(=O)=O. The molecule has 2 amide bonds. The summed E-state index contributed by atoms with van der Waals surface area (Å²) in [5.41, 5.74) is 1.39. The van der Waals surface area contributed by atoms with E-state index in [4.69, 9.17) is 34.8 Å². The molecule has 1 N–H and O–H groups in total. The third kappa shape index (κ3) is 10.2. The van der Waals surface area contributed by atoms with Crippen molar-refractivity contribution in [2.24, 2.45) is 0 Å². The lowest BCUT2D eigenvalue weighted by Crippen LogP contribution is -2.54. The lowest BCUT2D eigenvalue weighted by molar-refractivity contribution is -0.142. The van der Waals surface area contributed by atoms with Gasteiger partial charge in [0.2, 0.25) is 21.8 Å². The van der Waals surface area contributed by atoms with E-state index in [2.05, 4.69) is 5.32 Å². The van der Waals surface area contributed by atoms with Crippen LogP contribution in [0.4, 0.5) is 5.69 Å². The van der Waals surface area contributed by atoms with Gasteiger partial charge in [-0.05, 0) is 68.7 Å². The minimum atomic E-state index is -3.65. The summed E-state index contributed by atoms with van der Waals surface area (Å²) in [5, 5.41) is 4.25. The van der Waals surface area contributed by atoms with E-state index in [1.54, 1.807) is 42.5 Å². The molecule has 0 aliphatic carbocycles. The molecule has 0 spiro atoms. The summed E-state index contributed by atoms with van der Waals surface area (Å²) in [6, 6.07) is 20.2. The molecule has 0 fully saturated rings. The average molecular weight is 653 g/mol. The largest absolute Gasteiger partial charge is 0.350 e. The third-order valence-corrected chi connectivity index (χ3v) is 8.39. The number of rotatable bonds is 12. The number of hydrogen-bond donors (Lipinski definition) is 1.